The summed E-state index contributed by atoms with van der Waals surface area (Å²) in [6, 6.07) is 22.0. The number of aromatic nitrogens is 2. The average Bonchev–Trinajstić information content (AvgIpc) is 2.95. The van der Waals surface area contributed by atoms with E-state index in [9.17, 15) is 4.79 Å². The van der Waals surface area contributed by atoms with Crippen LogP contribution in [0.25, 0.3) is 32.9 Å². The van der Waals surface area contributed by atoms with Gasteiger partial charge in [-0.2, -0.15) is 0 Å². The lowest BCUT2D eigenvalue weighted by molar-refractivity contribution is -0.138. The molecule has 5 heteroatoms. The van der Waals surface area contributed by atoms with Crippen molar-refractivity contribution in [2.45, 2.75) is 52.7 Å². The standard InChI is InChI=1S/C36H32N2O3/c1-22-21-29-27(14-13-26(38-29)12-11-24-9-7-6-8-10-24)33(31(22)35(23(2)39)41-36(3,4)5)28-15-16-30-32-25(18-20-40-30)17-19-37-34(28)32/h6-10,13-17,19,21,35H,18,20H2,1-5H3/t35-/m1/s1. The second-order valence-corrected chi connectivity index (χ2v) is 11.5. The molecule has 204 valence electrons. The molecule has 0 radical (unpaired) electrons. The van der Waals surface area contributed by atoms with Crippen LogP contribution in [-0.4, -0.2) is 28.0 Å². The molecule has 2 aromatic heterocycles. The molecule has 6 rings (SSSR count). The topological polar surface area (TPSA) is 61.3 Å². The molecule has 0 aliphatic carbocycles. The fraction of sp³-hybridized carbons (Fsp3) is 0.250. The van der Waals surface area contributed by atoms with Crippen LogP contribution in [0.1, 0.15) is 61.7 Å². The zero-order valence-electron chi connectivity index (χ0n) is 24.0. The molecule has 0 amide bonds. The number of ketones is 1. The van der Waals surface area contributed by atoms with Crippen LogP contribution < -0.4 is 4.74 Å². The number of fused-ring (bicyclic) bond motifs is 1. The van der Waals surface area contributed by atoms with Gasteiger partial charge in [0.05, 0.1) is 23.2 Å². The van der Waals surface area contributed by atoms with Gasteiger partial charge in [-0.1, -0.05) is 24.1 Å². The third kappa shape index (κ3) is 5.19. The van der Waals surface area contributed by atoms with Gasteiger partial charge in [0.15, 0.2) is 5.78 Å². The van der Waals surface area contributed by atoms with Crippen LogP contribution >= 0.6 is 0 Å². The van der Waals surface area contributed by atoms with Crippen molar-refractivity contribution in [2.75, 3.05) is 6.61 Å². The van der Waals surface area contributed by atoms with E-state index < -0.39 is 11.7 Å². The quantitative estimate of drug-likeness (QED) is 0.220. The van der Waals surface area contributed by atoms with Crippen LogP contribution in [0.4, 0.5) is 0 Å². The van der Waals surface area contributed by atoms with E-state index in [4.69, 9.17) is 19.4 Å². The summed E-state index contributed by atoms with van der Waals surface area (Å²) < 4.78 is 12.5. The average molecular weight is 541 g/mol. The van der Waals surface area contributed by atoms with E-state index in [1.807, 2.05) is 82.4 Å². The number of hydrogen-bond donors (Lipinski definition) is 0. The molecular weight excluding hydrogens is 508 g/mol. The lowest BCUT2D eigenvalue weighted by Gasteiger charge is -2.30. The summed E-state index contributed by atoms with van der Waals surface area (Å²) in [7, 11) is 0. The van der Waals surface area contributed by atoms with Gasteiger partial charge >= 0.3 is 0 Å². The summed E-state index contributed by atoms with van der Waals surface area (Å²) in [6.45, 7) is 10.2. The molecule has 3 aromatic carbocycles. The monoisotopic (exact) mass is 540 g/mol. The van der Waals surface area contributed by atoms with Crippen molar-refractivity contribution in [2.24, 2.45) is 0 Å². The number of benzene rings is 3. The first-order chi connectivity index (χ1) is 19.7. The summed E-state index contributed by atoms with van der Waals surface area (Å²) in [6.07, 6.45) is 1.93. The normalized spacial score (nSPS) is 13.4. The maximum atomic E-state index is 13.2. The molecule has 5 nitrogen and oxygen atoms in total. The second-order valence-electron chi connectivity index (χ2n) is 11.5. The molecule has 0 saturated heterocycles. The Morgan fingerprint density at radius 1 is 1.02 bits per heavy atom. The smallest absolute Gasteiger partial charge is 0.163 e. The Bertz CT molecular complexity index is 1860. The second kappa shape index (κ2) is 10.5. The van der Waals surface area contributed by atoms with Crippen molar-refractivity contribution >= 4 is 27.6 Å². The van der Waals surface area contributed by atoms with Crippen LogP contribution in [0, 0.1) is 18.8 Å². The number of carbonyl (C=O) groups excluding carboxylic acids is 1. The zero-order chi connectivity index (χ0) is 28.7. The molecule has 0 unspecified atom stereocenters. The van der Waals surface area contributed by atoms with Gasteiger partial charge in [-0.3, -0.25) is 9.78 Å². The van der Waals surface area contributed by atoms with Gasteiger partial charge in [-0.05, 0) is 111 Å². The number of aryl methyl sites for hydroxylation is 1. The molecule has 0 N–H and O–H groups in total. The van der Waals surface area contributed by atoms with Crippen molar-refractivity contribution < 1.29 is 14.3 Å². The zero-order valence-corrected chi connectivity index (χ0v) is 24.0. The molecule has 3 heterocycles. The lowest BCUT2D eigenvalue weighted by Crippen LogP contribution is -2.27. The van der Waals surface area contributed by atoms with Crippen molar-refractivity contribution in [3.8, 4) is 28.7 Å². The Morgan fingerprint density at radius 3 is 2.59 bits per heavy atom. The molecule has 0 fully saturated rings. The molecule has 0 spiro atoms. The van der Waals surface area contributed by atoms with E-state index in [1.165, 1.54) is 5.56 Å². The molecular formula is C36H32N2O3. The molecule has 0 saturated carbocycles. The van der Waals surface area contributed by atoms with Gasteiger partial charge in [0.2, 0.25) is 0 Å². The number of hydrogen-bond acceptors (Lipinski definition) is 5. The van der Waals surface area contributed by atoms with Gasteiger partial charge in [0.25, 0.3) is 0 Å². The predicted molar refractivity (Wildman–Crippen MR) is 163 cm³/mol. The highest BCUT2D eigenvalue weighted by atomic mass is 16.5. The van der Waals surface area contributed by atoms with Crippen LogP contribution in [-0.2, 0) is 16.0 Å². The minimum atomic E-state index is -0.756. The highest BCUT2D eigenvalue weighted by molar-refractivity contribution is 6.08. The molecule has 0 bridgehead atoms. The van der Waals surface area contributed by atoms with E-state index in [0.29, 0.717) is 12.3 Å². The SMILES string of the molecule is CC(=O)[C@@H](OC(C)(C)C)c1c(C)cc2nc(C#Cc3ccccc3)ccc2c1-c1ccc2c3c(ccnc13)CCO2. The van der Waals surface area contributed by atoms with E-state index in [2.05, 4.69) is 30.0 Å². The highest BCUT2D eigenvalue weighted by Crippen LogP contribution is 2.45. The minimum Gasteiger partial charge on any atom is -0.493 e. The first-order valence-corrected chi connectivity index (χ1v) is 13.9. The molecule has 41 heavy (non-hydrogen) atoms. The first-order valence-electron chi connectivity index (χ1n) is 13.9. The Morgan fingerprint density at radius 2 is 1.83 bits per heavy atom. The van der Waals surface area contributed by atoms with E-state index in [1.54, 1.807) is 6.92 Å². The summed E-state index contributed by atoms with van der Waals surface area (Å²) in [5.41, 5.74) is 7.53. The Labute approximate surface area is 240 Å². The van der Waals surface area contributed by atoms with E-state index >= 15 is 0 Å². The Balaban J connectivity index is 1.64. The van der Waals surface area contributed by atoms with E-state index in [-0.39, 0.29) is 5.78 Å². The van der Waals surface area contributed by atoms with Crippen molar-refractivity contribution in [1.29, 1.82) is 0 Å². The lowest BCUT2D eigenvalue weighted by atomic mass is 9.85. The molecule has 1 aliphatic heterocycles. The number of carbonyl (C=O) groups is 1. The summed E-state index contributed by atoms with van der Waals surface area (Å²) in [5, 5.41) is 1.94. The van der Waals surface area contributed by atoms with Crippen LogP contribution in [0.15, 0.2) is 72.9 Å². The van der Waals surface area contributed by atoms with Crippen LogP contribution in [0.2, 0.25) is 0 Å². The fourth-order valence-electron chi connectivity index (χ4n) is 5.58. The van der Waals surface area contributed by atoms with Crippen molar-refractivity contribution in [1.82, 2.24) is 9.97 Å². The van der Waals surface area contributed by atoms with Gasteiger partial charge in [0.1, 0.15) is 17.5 Å². The Hall–Kier alpha value is -4.53. The molecule has 5 aromatic rings. The fourth-order valence-corrected chi connectivity index (χ4v) is 5.58. The summed E-state index contributed by atoms with van der Waals surface area (Å²) >= 11 is 0. The minimum absolute atomic E-state index is 0.0547. The molecule has 1 atom stereocenters. The first kappa shape index (κ1) is 26.7. The van der Waals surface area contributed by atoms with Gasteiger partial charge in [-0.15, -0.1) is 0 Å². The molecule has 1 aliphatic rings. The van der Waals surface area contributed by atoms with Crippen LogP contribution in [0.5, 0.6) is 5.75 Å². The predicted octanol–water partition coefficient (Wildman–Crippen LogP) is 7.54. The number of pyridine rings is 2. The maximum absolute atomic E-state index is 13.2. The van der Waals surface area contributed by atoms with Crippen molar-refractivity contribution in [3.05, 3.63) is 101 Å². The van der Waals surface area contributed by atoms with E-state index in [0.717, 1.165) is 61.8 Å². The Kier molecular flexibility index (Phi) is 6.81. The highest BCUT2D eigenvalue weighted by Gasteiger charge is 2.31. The summed E-state index contributed by atoms with van der Waals surface area (Å²) in [5.74, 6) is 7.20. The number of nitrogens with zero attached hydrogens (tertiary/aromatic N) is 2. The van der Waals surface area contributed by atoms with Gasteiger partial charge < -0.3 is 9.47 Å². The number of Topliss-reactive ketones (excluding diaryl/α,β-unsaturated/α-hetero) is 1. The van der Waals surface area contributed by atoms with Crippen LogP contribution in [0.3, 0.4) is 0 Å². The number of rotatable bonds is 4. The third-order valence-electron chi connectivity index (χ3n) is 7.29. The van der Waals surface area contributed by atoms with Crippen molar-refractivity contribution in [3.63, 3.8) is 0 Å². The maximum Gasteiger partial charge on any atom is 0.163 e. The summed E-state index contributed by atoms with van der Waals surface area (Å²) in [4.78, 5) is 23.0. The largest absolute Gasteiger partial charge is 0.493 e. The third-order valence-corrected chi connectivity index (χ3v) is 7.29. The number of ether oxygens (including phenoxy) is 2. The van der Waals surface area contributed by atoms with Gasteiger partial charge in [-0.25, -0.2) is 4.98 Å². The van der Waals surface area contributed by atoms with Gasteiger partial charge in [0, 0.05) is 34.5 Å².